The topological polar surface area (TPSA) is 89.4 Å². The molecule has 0 radical (unpaired) electrons. The Morgan fingerprint density at radius 2 is 1.71 bits per heavy atom. The van der Waals surface area contributed by atoms with Crippen molar-refractivity contribution < 1.29 is 9.59 Å². The molecule has 1 saturated heterocycles. The second-order valence-corrected chi connectivity index (χ2v) is 7.33. The average molecular weight is 377 g/mol. The van der Waals surface area contributed by atoms with E-state index in [1.165, 1.54) is 24.2 Å². The first-order valence-electron chi connectivity index (χ1n) is 9.90. The summed E-state index contributed by atoms with van der Waals surface area (Å²) < 4.78 is 0. The molecule has 2 aromatic carbocycles. The lowest BCUT2D eigenvalue weighted by Crippen LogP contribution is -2.41. The van der Waals surface area contributed by atoms with Gasteiger partial charge in [0, 0.05) is 58.7 Å². The number of piperidine rings is 1. The summed E-state index contributed by atoms with van der Waals surface area (Å²) in [5.41, 5.74) is 10.7. The fourth-order valence-electron chi connectivity index (χ4n) is 4.24. The molecular weight excluding hydrogens is 354 g/mol. The first-order chi connectivity index (χ1) is 13.7. The van der Waals surface area contributed by atoms with Crippen molar-refractivity contribution in [1.29, 1.82) is 0 Å². The third kappa shape index (κ3) is 3.18. The second-order valence-electron chi connectivity index (χ2n) is 7.33. The number of unbranched alkanes of at least 4 members (excludes halogenated alkanes) is 1. The molecule has 0 unspecified atom stereocenters. The molecule has 0 atom stereocenters. The zero-order valence-electron chi connectivity index (χ0n) is 15.8. The quantitative estimate of drug-likeness (QED) is 0.244. The SMILES string of the molecule is [N-]=[N+]=NCCCCN1C(=O)c2cccc3c(N4CCCCC4)ccc(c23)C1=O. The van der Waals surface area contributed by atoms with Gasteiger partial charge < -0.3 is 4.90 Å². The van der Waals surface area contributed by atoms with E-state index in [0.717, 1.165) is 29.5 Å². The number of carbonyl (C=O) groups is 2. The van der Waals surface area contributed by atoms with Gasteiger partial charge in [0.25, 0.3) is 11.8 Å². The number of amides is 2. The smallest absolute Gasteiger partial charge is 0.261 e. The molecule has 0 N–H and O–H groups in total. The van der Waals surface area contributed by atoms with Crippen LogP contribution < -0.4 is 4.90 Å². The van der Waals surface area contributed by atoms with Crippen molar-refractivity contribution in [2.24, 2.45) is 5.11 Å². The molecule has 0 aromatic heterocycles. The van der Waals surface area contributed by atoms with Crippen molar-refractivity contribution in [2.75, 3.05) is 31.1 Å². The molecule has 7 heteroatoms. The van der Waals surface area contributed by atoms with Gasteiger partial charge in [-0.2, -0.15) is 0 Å². The minimum atomic E-state index is -0.234. The maximum Gasteiger partial charge on any atom is 0.261 e. The molecule has 0 aliphatic carbocycles. The lowest BCUT2D eigenvalue weighted by molar-refractivity contribution is 0.0608. The van der Waals surface area contributed by atoms with Crippen molar-refractivity contribution in [3.63, 3.8) is 0 Å². The highest BCUT2D eigenvalue weighted by molar-refractivity contribution is 6.26. The number of imide groups is 1. The normalized spacial score (nSPS) is 16.4. The number of anilines is 1. The number of rotatable bonds is 6. The molecule has 7 nitrogen and oxygen atoms in total. The van der Waals surface area contributed by atoms with Crippen molar-refractivity contribution >= 4 is 28.3 Å². The summed E-state index contributed by atoms with van der Waals surface area (Å²) in [5, 5.41) is 5.27. The van der Waals surface area contributed by atoms with Crippen LogP contribution in [-0.4, -0.2) is 42.9 Å². The standard InChI is InChI=1S/C21H23N5O2/c22-24-23-11-2-5-14-26-20(27)16-8-6-7-15-18(25-12-3-1-4-13-25)10-9-17(19(15)16)21(26)28/h6-10H,1-5,11-14H2. The summed E-state index contributed by atoms with van der Waals surface area (Å²) in [7, 11) is 0. The predicted octanol–water partition coefficient (Wildman–Crippen LogP) is 4.52. The molecule has 2 aliphatic rings. The number of benzene rings is 2. The molecule has 0 saturated carbocycles. The van der Waals surface area contributed by atoms with Crippen molar-refractivity contribution in [2.45, 2.75) is 32.1 Å². The summed E-state index contributed by atoms with van der Waals surface area (Å²) in [4.78, 5) is 32.5. The van der Waals surface area contributed by atoms with Crippen LogP contribution in [0.2, 0.25) is 0 Å². The van der Waals surface area contributed by atoms with Crippen molar-refractivity contribution in [1.82, 2.24) is 4.90 Å². The highest BCUT2D eigenvalue weighted by atomic mass is 16.2. The molecule has 2 aromatic rings. The minimum absolute atomic E-state index is 0.234. The van der Waals surface area contributed by atoms with Crippen molar-refractivity contribution in [3.05, 3.63) is 51.9 Å². The Balaban J connectivity index is 1.67. The average Bonchev–Trinajstić information content (AvgIpc) is 2.74. The minimum Gasteiger partial charge on any atom is -0.371 e. The number of azide groups is 1. The first-order valence-corrected chi connectivity index (χ1v) is 9.90. The maximum atomic E-state index is 13.0. The third-order valence-corrected chi connectivity index (χ3v) is 5.62. The second kappa shape index (κ2) is 7.90. The van der Waals surface area contributed by atoms with Gasteiger partial charge in [0.15, 0.2) is 0 Å². The largest absolute Gasteiger partial charge is 0.371 e. The zero-order valence-corrected chi connectivity index (χ0v) is 15.8. The van der Waals surface area contributed by atoms with Gasteiger partial charge in [0.05, 0.1) is 0 Å². The van der Waals surface area contributed by atoms with E-state index < -0.39 is 0 Å². The number of hydrogen-bond donors (Lipinski definition) is 0. The lowest BCUT2D eigenvalue weighted by atomic mass is 9.92. The summed E-state index contributed by atoms with van der Waals surface area (Å²) in [6.45, 7) is 2.73. The number of carbonyl (C=O) groups excluding carboxylic acids is 2. The molecule has 2 amide bonds. The van der Waals surface area contributed by atoms with Gasteiger partial charge >= 0.3 is 0 Å². The van der Waals surface area contributed by atoms with Crippen LogP contribution in [0.5, 0.6) is 0 Å². The summed E-state index contributed by atoms with van der Waals surface area (Å²) in [5.74, 6) is -0.467. The predicted molar refractivity (Wildman–Crippen MR) is 109 cm³/mol. The van der Waals surface area contributed by atoms with Gasteiger partial charge in [-0.25, -0.2) is 0 Å². The molecule has 0 bridgehead atoms. The van der Waals surface area contributed by atoms with Crippen LogP contribution in [0.4, 0.5) is 5.69 Å². The van der Waals surface area contributed by atoms with Gasteiger partial charge in [-0.15, -0.1) is 0 Å². The number of nitrogens with zero attached hydrogens (tertiary/aromatic N) is 5. The Kier molecular flexibility index (Phi) is 5.17. The molecular formula is C21H23N5O2. The van der Waals surface area contributed by atoms with Crippen molar-refractivity contribution in [3.8, 4) is 0 Å². The lowest BCUT2D eigenvalue weighted by Gasteiger charge is -2.32. The van der Waals surface area contributed by atoms with Crippen LogP contribution in [0.1, 0.15) is 52.8 Å². The van der Waals surface area contributed by atoms with E-state index in [0.29, 0.717) is 37.1 Å². The third-order valence-electron chi connectivity index (χ3n) is 5.62. The van der Waals surface area contributed by atoms with Gasteiger partial charge in [0.2, 0.25) is 0 Å². The van der Waals surface area contributed by atoms with E-state index in [1.54, 1.807) is 0 Å². The van der Waals surface area contributed by atoms with E-state index in [1.807, 2.05) is 30.3 Å². The molecule has 2 heterocycles. The molecule has 0 spiro atoms. The Morgan fingerprint density at radius 3 is 2.46 bits per heavy atom. The zero-order chi connectivity index (χ0) is 19.5. The van der Waals surface area contributed by atoms with E-state index in [9.17, 15) is 9.59 Å². The molecule has 28 heavy (non-hydrogen) atoms. The fourth-order valence-corrected chi connectivity index (χ4v) is 4.24. The fraction of sp³-hybridized carbons (Fsp3) is 0.429. The monoisotopic (exact) mass is 377 g/mol. The van der Waals surface area contributed by atoms with Crippen LogP contribution in [-0.2, 0) is 0 Å². The number of hydrogen-bond acceptors (Lipinski definition) is 4. The highest BCUT2D eigenvalue weighted by Crippen LogP contribution is 2.36. The molecule has 1 fully saturated rings. The Morgan fingerprint density at radius 1 is 0.964 bits per heavy atom. The maximum absolute atomic E-state index is 13.0. The van der Waals surface area contributed by atoms with E-state index in [2.05, 4.69) is 14.9 Å². The van der Waals surface area contributed by atoms with Crippen LogP contribution in [0.15, 0.2) is 35.4 Å². The van der Waals surface area contributed by atoms with Gasteiger partial charge in [-0.05, 0) is 55.8 Å². The molecule has 2 aliphatic heterocycles. The van der Waals surface area contributed by atoms with Crippen LogP contribution >= 0.6 is 0 Å². The highest BCUT2D eigenvalue weighted by Gasteiger charge is 2.33. The van der Waals surface area contributed by atoms with Crippen LogP contribution in [0, 0.1) is 0 Å². The van der Waals surface area contributed by atoms with E-state index >= 15 is 0 Å². The summed E-state index contributed by atoms with van der Waals surface area (Å²) in [6, 6.07) is 9.64. The summed E-state index contributed by atoms with van der Waals surface area (Å²) in [6.07, 6.45) is 4.86. The Bertz CT molecular complexity index is 952. The van der Waals surface area contributed by atoms with E-state index in [4.69, 9.17) is 5.53 Å². The molecule has 144 valence electrons. The summed E-state index contributed by atoms with van der Waals surface area (Å²) >= 11 is 0. The van der Waals surface area contributed by atoms with Gasteiger partial charge in [0.1, 0.15) is 0 Å². The van der Waals surface area contributed by atoms with Crippen LogP contribution in [0.25, 0.3) is 21.2 Å². The first kappa shape index (κ1) is 18.3. The Labute approximate surface area is 163 Å². The Hall–Kier alpha value is -3.05. The molecule has 4 rings (SSSR count). The van der Waals surface area contributed by atoms with Gasteiger partial charge in [-0.1, -0.05) is 17.2 Å². The van der Waals surface area contributed by atoms with E-state index in [-0.39, 0.29) is 11.8 Å². The van der Waals surface area contributed by atoms with Crippen LogP contribution in [0.3, 0.4) is 0 Å². The van der Waals surface area contributed by atoms with Gasteiger partial charge in [-0.3, -0.25) is 14.5 Å².